The Morgan fingerprint density at radius 3 is 2.85 bits per heavy atom. The molecule has 6 nitrogen and oxygen atoms in total. The zero-order valence-electron chi connectivity index (χ0n) is 16.1. The van der Waals surface area contributed by atoms with Gasteiger partial charge in [-0.15, -0.1) is 0 Å². The lowest BCUT2D eigenvalue weighted by molar-refractivity contribution is -0.120. The standard InChI is InChI=1S/C20H30N3O3S/c1-16(2)22-19(24)8-11-27-15-20(25)21-12-18-14-23(9-10-26-18)13-17-6-4-3-5-7-17/h3-8,16,18H,9-15H2,1-2H3,(H,21,25)(H,22,24). The van der Waals surface area contributed by atoms with Crippen molar-refractivity contribution < 1.29 is 14.3 Å². The van der Waals surface area contributed by atoms with E-state index in [1.807, 2.05) is 19.9 Å². The molecule has 0 aromatic heterocycles. The molecule has 1 fully saturated rings. The van der Waals surface area contributed by atoms with Crippen LogP contribution in [0.1, 0.15) is 19.4 Å². The zero-order valence-corrected chi connectivity index (χ0v) is 17.0. The summed E-state index contributed by atoms with van der Waals surface area (Å²) in [7, 11) is 0. The maximum atomic E-state index is 12.0. The topological polar surface area (TPSA) is 70.7 Å². The monoisotopic (exact) mass is 392 g/mol. The highest BCUT2D eigenvalue weighted by Gasteiger charge is 2.21. The molecule has 2 rings (SSSR count). The van der Waals surface area contributed by atoms with Gasteiger partial charge in [0.2, 0.25) is 11.8 Å². The Bertz CT molecular complexity index is 583. The lowest BCUT2D eigenvalue weighted by Crippen LogP contribution is -2.47. The summed E-state index contributed by atoms with van der Waals surface area (Å²) < 4.78 is 5.77. The summed E-state index contributed by atoms with van der Waals surface area (Å²) >= 11 is 1.43. The van der Waals surface area contributed by atoms with Gasteiger partial charge in [0.15, 0.2) is 0 Å². The average molecular weight is 393 g/mol. The minimum Gasteiger partial charge on any atom is -0.374 e. The van der Waals surface area contributed by atoms with Crippen molar-refractivity contribution in [2.45, 2.75) is 32.5 Å². The molecular formula is C20H30N3O3S. The van der Waals surface area contributed by atoms with Crippen LogP contribution in [0, 0.1) is 6.42 Å². The molecule has 1 unspecified atom stereocenters. The average Bonchev–Trinajstić information content (AvgIpc) is 2.64. The molecule has 1 radical (unpaired) electrons. The van der Waals surface area contributed by atoms with Crippen molar-refractivity contribution in [2.24, 2.45) is 0 Å². The van der Waals surface area contributed by atoms with E-state index in [0.717, 1.165) is 19.6 Å². The first-order valence-electron chi connectivity index (χ1n) is 9.39. The first-order valence-corrected chi connectivity index (χ1v) is 10.5. The molecule has 2 amide bonds. The Morgan fingerprint density at radius 1 is 1.33 bits per heavy atom. The van der Waals surface area contributed by atoms with Gasteiger partial charge in [-0.1, -0.05) is 30.3 Å². The first-order chi connectivity index (χ1) is 13.0. The molecule has 0 saturated carbocycles. The summed E-state index contributed by atoms with van der Waals surface area (Å²) in [4.78, 5) is 25.8. The Kier molecular flexibility index (Phi) is 9.66. The molecule has 1 aromatic carbocycles. The number of carbonyl (C=O) groups is 2. The number of amides is 2. The molecule has 27 heavy (non-hydrogen) atoms. The van der Waals surface area contributed by atoms with E-state index in [1.165, 1.54) is 17.3 Å². The number of hydrogen-bond acceptors (Lipinski definition) is 5. The second-order valence-electron chi connectivity index (χ2n) is 6.90. The van der Waals surface area contributed by atoms with Gasteiger partial charge >= 0.3 is 0 Å². The number of hydrogen-bond donors (Lipinski definition) is 2. The summed E-state index contributed by atoms with van der Waals surface area (Å²) in [5, 5.41) is 5.72. The van der Waals surface area contributed by atoms with E-state index in [1.54, 1.807) is 6.42 Å². The van der Waals surface area contributed by atoms with Crippen LogP contribution in [-0.4, -0.2) is 66.6 Å². The SMILES string of the molecule is CC(C)NC(=O)[CH]CSCC(=O)NCC1CN(Cc2ccccc2)CCO1. The largest absolute Gasteiger partial charge is 0.374 e. The van der Waals surface area contributed by atoms with E-state index in [-0.39, 0.29) is 24.0 Å². The maximum absolute atomic E-state index is 12.0. The summed E-state index contributed by atoms with van der Waals surface area (Å²) in [6.07, 6.45) is 1.59. The second-order valence-corrected chi connectivity index (χ2v) is 7.93. The van der Waals surface area contributed by atoms with Gasteiger partial charge < -0.3 is 15.4 Å². The molecule has 2 N–H and O–H groups in total. The van der Waals surface area contributed by atoms with E-state index in [9.17, 15) is 9.59 Å². The fraction of sp³-hybridized carbons (Fsp3) is 0.550. The Labute approximate surface area is 166 Å². The number of thioether (sulfide) groups is 1. The zero-order chi connectivity index (χ0) is 19.5. The number of benzene rings is 1. The molecule has 1 heterocycles. The summed E-state index contributed by atoms with van der Waals surface area (Å²) in [5.74, 6) is 0.747. The van der Waals surface area contributed by atoms with Crippen molar-refractivity contribution in [3.05, 3.63) is 42.3 Å². The van der Waals surface area contributed by atoms with Gasteiger partial charge in [-0.05, 0) is 19.4 Å². The minimum absolute atomic E-state index is 0.0137. The van der Waals surface area contributed by atoms with Gasteiger partial charge in [0, 0.05) is 38.0 Å². The van der Waals surface area contributed by atoms with E-state index in [2.05, 4.69) is 39.8 Å². The molecule has 7 heteroatoms. The number of ether oxygens (including phenoxy) is 1. The summed E-state index contributed by atoms with van der Waals surface area (Å²) in [5.41, 5.74) is 1.29. The van der Waals surface area contributed by atoms with Crippen molar-refractivity contribution in [2.75, 3.05) is 37.7 Å². The highest BCUT2D eigenvalue weighted by molar-refractivity contribution is 8.00. The maximum Gasteiger partial charge on any atom is 0.230 e. The molecule has 1 saturated heterocycles. The molecule has 0 aliphatic carbocycles. The van der Waals surface area contributed by atoms with Crippen LogP contribution in [0.2, 0.25) is 0 Å². The van der Waals surface area contributed by atoms with Crippen LogP contribution in [0.5, 0.6) is 0 Å². The highest BCUT2D eigenvalue weighted by Crippen LogP contribution is 2.10. The number of nitrogens with one attached hydrogen (secondary N) is 2. The van der Waals surface area contributed by atoms with Crippen LogP contribution in [0.3, 0.4) is 0 Å². The Hall–Kier alpha value is -1.57. The summed E-state index contributed by atoms with van der Waals surface area (Å²) in [6.45, 7) is 7.65. The molecule has 1 aliphatic heterocycles. The van der Waals surface area contributed by atoms with Crippen molar-refractivity contribution in [1.82, 2.24) is 15.5 Å². The van der Waals surface area contributed by atoms with Crippen molar-refractivity contribution in [3.8, 4) is 0 Å². The van der Waals surface area contributed by atoms with Gasteiger partial charge in [0.1, 0.15) is 0 Å². The lowest BCUT2D eigenvalue weighted by Gasteiger charge is -2.33. The Morgan fingerprint density at radius 2 is 2.11 bits per heavy atom. The van der Waals surface area contributed by atoms with Gasteiger partial charge in [-0.25, -0.2) is 0 Å². The third kappa shape index (κ3) is 9.26. The minimum atomic E-state index is -0.0907. The van der Waals surface area contributed by atoms with Gasteiger partial charge in [-0.2, -0.15) is 11.8 Å². The second kappa shape index (κ2) is 12.0. The number of morpholine rings is 1. The number of nitrogens with zero attached hydrogens (tertiary/aromatic N) is 1. The van der Waals surface area contributed by atoms with Crippen LogP contribution >= 0.6 is 11.8 Å². The highest BCUT2D eigenvalue weighted by atomic mass is 32.2. The first kappa shape index (κ1) is 21.7. The lowest BCUT2D eigenvalue weighted by atomic mass is 10.2. The predicted octanol–water partition coefficient (Wildman–Crippen LogP) is 1.47. The van der Waals surface area contributed by atoms with E-state index in [4.69, 9.17) is 4.74 Å². The van der Waals surface area contributed by atoms with Crippen molar-refractivity contribution in [3.63, 3.8) is 0 Å². The van der Waals surface area contributed by atoms with Crippen LogP contribution in [0.15, 0.2) is 30.3 Å². The number of carbonyl (C=O) groups excluding carboxylic acids is 2. The van der Waals surface area contributed by atoms with E-state index >= 15 is 0 Å². The molecule has 1 aromatic rings. The molecular weight excluding hydrogens is 362 g/mol. The molecule has 0 bridgehead atoms. The Balaban J connectivity index is 1.58. The normalized spacial score (nSPS) is 17.7. The van der Waals surface area contributed by atoms with Crippen molar-refractivity contribution >= 4 is 23.6 Å². The van der Waals surface area contributed by atoms with Crippen LogP contribution < -0.4 is 10.6 Å². The molecule has 1 atom stereocenters. The quantitative estimate of drug-likeness (QED) is 0.590. The number of rotatable bonds is 10. The van der Waals surface area contributed by atoms with Crippen molar-refractivity contribution in [1.29, 1.82) is 0 Å². The van der Waals surface area contributed by atoms with Crippen LogP contribution in [-0.2, 0) is 20.9 Å². The van der Waals surface area contributed by atoms with Crippen LogP contribution in [0.4, 0.5) is 0 Å². The van der Waals surface area contributed by atoms with E-state index < -0.39 is 0 Å². The molecule has 1 aliphatic rings. The van der Waals surface area contributed by atoms with Gasteiger partial charge in [0.25, 0.3) is 0 Å². The fourth-order valence-corrected chi connectivity index (χ4v) is 3.47. The van der Waals surface area contributed by atoms with E-state index in [0.29, 0.717) is 24.7 Å². The molecule has 149 valence electrons. The third-order valence-corrected chi connectivity index (χ3v) is 4.92. The predicted molar refractivity (Wildman–Crippen MR) is 109 cm³/mol. The summed E-state index contributed by atoms with van der Waals surface area (Å²) in [6, 6.07) is 10.5. The third-order valence-electron chi connectivity index (χ3n) is 4.05. The van der Waals surface area contributed by atoms with Gasteiger partial charge in [-0.3, -0.25) is 14.5 Å². The van der Waals surface area contributed by atoms with Crippen LogP contribution in [0.25, 0.3) is 0 Å². The molecule has 0 spiro atoms. The van der Waals surface area contributed by atoms with Gasteiger partial charge in [0.05, 0.1) is 24.9 Å². The smallest absolute Gasteiger partial charge is 0.230 e. The fourth-order valence-electron chi connectivity index (χ4n) is 2.80.